The molecule has 0 spiro atoms. The van der Waals surface area contributed by atoms with Gasteiger partial charge in [-0.05, 0) is 25.0 Å². The molecule has 0 radical (unpaired) electrons. The van der Waals surface area contributed by atoms with Gasteiger partial charge in [0.25, 0.3) is 0 Å². The molecule has 1 aliphatic heterocycles. The summed E-state index contributed by atoms with van der Waals surface area (Å²) in [6, 6.07) is 3.08. The highest BCUT2D eigenvalue weighted by atomic mass is 32.2. The Morgan fingerprint density at radius 1 is 1.33 bits per heavy atom. The predicted molar refractivity (Wildman–Crippen MR) is 57.1 cm³/mol. The average molecular weight is 227 g/mol. The van der Waals surface area contributed by atoms with Gasteiger partial charge >= 0.3 is 0 Å². The lowest BCUT2D eigenvalue weighted by atomic mass is 10.4. The van der Waals surface area contributed by atoms with E-state index in [9.17, 15) is 8.42 Å². The van der Waals surface area contributed by atoms with Crippen LogP contribution in [-0.4, -0.2) is 26.5 Å². The maximum atomic E-state index is 11.3. The molecule has 0 aliphatic carbocycles. The van der Waals surface area contributed by atoms with Gasteiger partial charge in [-0.3, -0.25) is 0 Å². The number of hydrogen-bond donors (Lipinski definition) is 1. The Bertz CT molecular complexity index is 452. The molecule has 5 nitrogen and oxygen atoms in total. The van der Waals surface area contributed by atoms with E-state index in [1.54, 1.807) is 12.3 Å². The number of nitrogens with zero attached hydrogens (tertiary/aromatic N) is 2. The summed E-state index contributed by atoms with van der Waals surface area (Å²) in [5.41, 5.74) is 0. The standard InChI is InChI=1S/C9H13N3O2S/c10-15(13,14)8-4-3-5-11-9(8)12-6-1-2-7-12/h3-5H,1-2,6-7H2,(H2,10,13,14). The molecule has 0 atom stereocenters. The molecule has 6 heteroatoms. The highest BCUT2D eigenvalue weighted by Gasteiger charge is 2.21. The minimum absolute atomic E-state index is 0.118. The van der Waals surface area contributed by atoms with Crippen molar-refractivity contribution < 1.29 is 8.42 Å². The third-order valence-electron chi connectivity index (χ3n) is 2.46. The molecule has 1 fully saturated rings. The van der Waals surface area contributed by atoms with Gasteiger partial charge in [-0.25, -0.2) is 18.5 Å². The number of nitrogens with two attached hydrogens (primary N) is 1. The first-order chi connectivity index (χ1) is 7.09. The van der Waals surface area contributed by atoms with Crippen molar-refractivity contribution in [3.8, 4) is 0 Å². The first-order valence-corrected chi connectivity index (χ1v) is 6.36. The van der Waals surface area contributed by atoms with Gasteiger partial charge in [0.2, 0.25) is 10.0 Å². The maximum absolute atomic E-state index is 11.3. The first-order valence-electron chi connectivity index (χ1n) is 4.82. The zero-order valence-electron chi connectivity index (χ0n) is 8.26. The highest BCUT2D eigenvalue weighted by molar-refractivity contribution is 7.89. The normalized spacial score (nSPS) is 17.0. The van der Waals surface area contributed by atoms with Crippen LogP contribution < -0.4 is 10.0 Å². The lowest BCUT2D eigenvalue weighted by Crippen LogP contribution is -2.24. The van der Waals surface area contributed by atoms with Crippen molar-refractivity contribution in [2.75, 3.05) is 18.0 Å². The van der Waals surface area contributed by atoms with Gasteiger partial charge in [-0.1, -0.05) is 0 Å². The molecular weight excluding hydrogens is 214 g/mol. The van der Waals surface area contributed by atoms with Crippen LogP contribution in [0.5, 0.6) is 0 Å². The van der Waals surface area contributed by atoms with Crippen LogP contribution in [0.2, 0.25) is 0 Å². The summed E-state index contributed by atoms with van der Waals surface area (Å²) in [7, 11) is -3.68. The van der Waals surface area contributed by atoms with Crippen LogP contribution in [0.3, 0.4) is 0 Å². The number of sulfonamides is 1. The van der Waals surface area contributed by atoms with Gasteiger partial charge in [0, 0.05) is 19.3 Å². The molecule has 15 heavy (non-hydrogen) atoms. The number of hydrogen-bond acceptors (Lipinski definition) is 4. The van der Waals surface area contributed by atoms with Crippen LogP contribution >= 0.6 is 0 Å². The minimum atomic E-state index is -3.68. The summed E-state index contributed by atoms with van der Waals surface area (Å²) in [6.07, 6.45) is 3.73. The predicted octanol–water partition coefficient (Wildman–Crippen LogP) is 0.329. The highest BCUT2D eigenvalue weighted by Crippen LogP contribution is 2.24. The summed E-state index contributed by atoms with van der Waals surface area (Å²) in [5.74, 6) is 0.484. The third kappa shape index (κ3) is 2.10. The fourth-order valence-electron chi connectivity index (χ4n) is 1.77. The molecule has 0 bridgehead atoms. The summed E-state index contributed by atoms with van der Waals surface area (Å²) < 4.78 is 22.6. The van der Waals surface area contributed by atoms with E-state index in [1.165, 1.54) is 6.07 Å². The molecule has 0 aromatic carbocycles. The van der Waals surface area contributed by atoms with Crippen LogP contribution in [0.15, 0.2) is 23.2 Å². The molecular formula is C9H13N3O2S. The van der Waals surface area contributed by atoms with Crippen molar-refractivity contribution in [1.29, 1.82) is 0 Å². The summed E-state index contributed by atoms with van der Waals surface area (Å²) in [5, 5.41) is 5.13. The van der Waals surface area contributed by atoms with E-state index in [4.69, 9.17) is 5.14 Å². The van der Waals surface area contributed by atoms with E-state index in [2.05, 4.69) is 4.98 Å². The molecule has 2 rings (SSSR count). The summed E-state index contributed by atoms with van der Waals surface area (Å²) in [4.78, 5) is 6.17. The van der Waals surface area contributed by atoms with Crippen LogP contribution in [0.1, 0.15) is 12.8 Å². The van der Waals surface area contributed by atoms with Crippen molar-refractivity contribution in [1.82, 2.24) is 4.98 Å². The molecule has 1 aromatic heterocycles. The second kappa shape index (κ2) is 3.79. The second-order valence-corrected chi connectivity index (χ2v) is 5.09. The molecule has 1 aliphatic rings. The molecule has 2 N–H and O–H groups in total. The number of pyridine rings is 1. The van der Waals surface area contributed by atoms with Crippen molar-refractivity contribution in [3.05, 3.63) is 18.3 Å². The van der Waals surface area contributed by atoms with Crippen LogP contribution in [0.25, 0.3) is 0 Å². The minimum Gasteiger partial charge on any atom is -0.355 e. The quantitative estimate of drug-likeness (QED) is 0.790. The SMILES string of the molecule is NS(=O)(=O)c1cccnc1N1CCCC1. The van der Waals surface area contributed by atoms with Crippen LogP contribution in [0.4, 0.5) is 5.82 Å². The Morgan fingerprint density at radius 2 is 2.00 bits per heavy atom. The van der Waals surface area contributed by atoms with E-state index in [0.717, 1.165) is 25.9 Å². The van der Waals surface area contributed by atoms with E-state index in [-0.39, 0.29) is 4.90 Å². The van der Waals surface area contributed by atoms with E-state index in [1.807, 2.05) is 4.90 Å². The number of aromatic nitrogens is 1. The maximum Gasteiger partial charge on any atom is 0.241 e. The van der Waals surface area contributed by atoms with Crippen molar-refractivity contribution in [3.63, 3.8) is 0 Å². The fraction of sp³-hybridized carbons (Fsp3) is 0.444. The number of primary sulfonamides is 1. The Hall–Kier alpha value is -1.14. The molecule has 82 valence electrons. The van der Waals surface area contributed by atoms with Crippen molar-refractivity contribution in [2.24, 2.45) is 5.14 Å². The average Bonchev–Trinajstić information content (AvgIpc) is 2.69. The van der Waals surface area contributed by atoms with E-state index in [0.29, 0.717) is 5.82 Å². The summed E-state index contributed by atoms with van der Waals surface area (Å²) in [6.45, 7) is 1.69. The van der Waals surface area contributed by atoms with Crippen LogP contribution in [-0.2, 0) is 10.0 Å². The Morgan fingerprint density at radius 3 is 2.60 bits per heavy atom. The first kappa shape index (κ1) is 10.4. The second-order valence-electron chi connectivity index (χ2n) is 3.56. The molecule has 0 unspecified atom stereocenters. The van der Waals surface area contributed by atoms with Gasteiger partial charge in [0.05, 0.1) is 0 Å². The Labute approximate surface area is 89.0 Å². The lowest BCUT2D eigenvalue weighted by Gasteiger charge is -2.18. The van der Waals surface area contributed by atoms with Gasteiger partial charge in [-0.2, -0.15) is 0 Å². The molecule has 0 amide bonds. The monoisotopic (exact) mass is 227 g/mol. The zero-order valence-corrected chi connectivity index (χ0v) is 9.07. The van der Waals surface area contributed by atoms with Crippen molar-refractivity contribution >= 4 is 15.8 Å². The van der Waals surface area contributed by atoms with Crippen LogP contribution in [0, 0.1) is 0 Å². The van der Waals surface area contributed by atoms with Crippen molar-refractivity contribution in [2.45, 2.75) is 17.7 Å². The van der Waals surface area contributed by atoms with E-state index >= 15 is 0 Å². The third-order valence-corrected chi connectivity index (χ3v) is 3.39. The molecule has 0 saturated carbocycles. The van der Waals surface area contributed by atoms with Gasteiger partial charge < -0.3 is 4.90 Å². The number of rotatable bonds is 2. The zero-order chi connectivity index (χ0) is 10.9. The Balaban J connectivity index is 2.46. The van der Waals surface area contributed by atoms with E-state index < -0.39 is 10.0 Å². The smallest absolute Gasteiger partial charge is 0.241 e. The fourth-order valence-corrected chi connectivity index (χ4v) is 2.48. The lowest BCUT2D eigenvalue weighted by molar-refractivity contribution is 0.597. The molecule has 1 saturated heterocycles. The van der Waals surface area contributed by atoms with Gasteiger partial charge in [-0.15, -0.1) is 0 Å². The molecule has 1 aromatic rings. The topological polar surface area (TPSA) is 76.3 Å². The largest absolute Gasteiger partial charge is 0.355 e. The number of anilines is 1. The van der Waals surface area contributed by atoms with Gasteiger partial charge in [0.15, 0.2) is 0 Å². The Kier molecular flexibility index (Phi) is 2.62. The summed E-state index contributed by atoms with van der Waals surface area (Å²) >= 11 is 0. The van der Waals surface area contributed by atoms with Gasteiger partial charge in [0.1, 0.15) is 10.7 Å². The molecule has 2 heterocycles.